The molecule has 82 valence electrons. The van der Waals surface area contributed by atoms with Crippen molar-refractivity contribution in [2.24, 2.45) is 0 Å². The number of ether oxygens (including phenoxy) is 1. The van der Waals surface area contributed by atoms with E-state index in [2.05, 4.69) is 25.7 Å². The van der Waals surface area contributed by atoms with Crippen molar-refractivity contribution in [3.8, 4) is 0 Å². The molecule has 0 amide bonds. The van der Waals surface area contributed by atoms with Crippen LogP contribution in [0.2, 0.25) is 0 Å². The molecule has 0 saturated carbocycles. The van der Waals surface area contributed by atoms with Crippen LogP contribution in [0.15, 0.2) is 22.8 Å². The predicted octanol–water partition coefficient (Wildman–Crippen LogP) is 2.73. The maximum Gasteiger partial charge on any atom is 0.305 e. The summed E-state index contributed by atoms with van der Waals surface area (Å²) in [6.07, 6.45) is 3.19. The fraction of sp³-hybridized carbons (Fsp3) is 0.455. The third-order valence-electron chi connectivity index (χ3n) is 2.06. The largest absolute Gasteiger partial charge is 0.469 e. The molecule has 0 atom stereocenters. The molecule has 0 bridgehead atoms. The summed E-state index contributed by atoms with van der Waals surface area (Å²) in [6, 6.07) is 5.85. The molecule has 0 N–H and O–H groups in total. The first-order valence-electron chi connectivity index (χ1n) is 4.90. The first-order valence-corrected chi connectivity index (χ1v) is 5.70. The van der Waals surface area contributed by atoms with Gasteiger partial charge >= 0.3 is 5.97 Å². The molecule has 15 heavy (non-hydrogen) atoms. The monoisotopic (exact) mass is 271 g/mol. The Kier molecular flexibility index (Phi) is 5.32. The number of hydrogen-bond donors (Lipinski definition) is 0. The van der Waals surface area contributed by atoms with Crippen LogP contribution in [0.1, 0.15) is 25.0 Å². The number of aryl methyl sites for hydroxylation is 1. The first-order chi connectivity index (χ1) is 7.22. The lowest BCUT2D eigenvalue weighted by Crippen LogP contribution is -2.00. The molecule has 0 saturated heterocycles. The number of carbonyl (C=O) groups excluding carboxylic acids is 1. The highest BCUT2D eigenvalue weighted by Gasteiger charge is 2.00. The van der Waals surface area contributed by atoms with Crippen LogP contribution in [0.3, 0.4) is 0 Å². The minimum atomic E-state index is -0.141. The Morgan fingerprint density at radius 3 is 2.93 bits per heavy atom. The molecule has 0 aliphatic rings. The molecule has 3 nitrogen and oxygen atoms in total. The van der Waals surface area contributed by atoms with Crippen molar-refractivity contribution in [3.05, 3.63) is 28.5 Å². The summed E-state index contributed by atoms with van der Waals surface area (Å²) < 4.78 is 5.41. The molecule has 1 rings (SSSR count). The molecular formula is C11H14BrNO2. The molecular weight excluding hydrogens is 258 g/mol. The SMILES string of the molecule is COC(=O)CCCCc1cccc(Br)n1. The zero-order valence-electron chi connectivity index (χ0n) is 8.70. The van der Waals surface area contributed by atoms with Gasteiger partial charge in [-0.2, -0.15) is 0 Å². The van der Waals surface area contributed by atoms with Crippen molar-refractivity contribution in [1.29, 1.82) is 0 Å². The number of nitrogens with zero attached hydrogens (tertiary/aromatic N) is 1. The van der Waals surface area contributed by atoms with Gasteiger partial charge in [0.1, 0.15) is 4.60 Å². The molecule has 1 aromatic rings. The second kappa shape index (κ2) is 6.56. The van der Waals surface area contributed by atoms with Crippen molar-refractivity contribution in [3.63, 3.8) is 0 Å². The number of hydrogen-bond acceptors (Lipinski definition) is 3. The van der Waals surface area contributed by atoms with Gasteiger partial charge in [-0.25, -0.2) is 4.98 Å². The number of rotatable bonds is 5. The first kappa shape index (κ1) is 12.2. The molecule has 0 unspecified atom stereocenters. The Morgan fingerprint density at radius 1 is 1.47 bits per heavy atom. The topological polar surface area (TPSA) is 39.2 Å². The maximum absolute atomic E-state index is 10.8. The fourth-order valence-electron chi connectivity index (χ4n) is 1.27. The van der Waals surface area contributed by atoms with E-state index < -0.39 is 0 Å². The number of halogens is 1. The van der Waals surface area contributed by atoms with Gasteiger partial charge in [0.05, 0.1) is 7.11 Å². The second-order valence-corrected chi connectivity index (χ2v) is 4.05. The molecule has 0 aliphatic heterocycles. The van der Waals surface area contributed by atoms with E-state index >= 15 is 0 Å². The summed E-state index contributed by atoms with van der Waals surface area (Å²) in [5.74, 6) is -0.141. The lowest BCUT2D eigenvalue weighted by Gasteiger charge is -2.01. The molecule has 0 aliphatic carbocycles. The van der Waals surface area contributed by atoms with Crippen LogP contribution >= 0.6 is 15.9 Å². The van der Waals surface area contributed by atoms with Gasteiger partial charge in [0, 0.05) is 12.1 Å². The number of methoxy groups -OCH3 is 1. The molecule has 0 radical (unpaired) electrons. The van der Waals surface area contributed by atoms with Gasteiger partial charge in [-0.05, 0) is 47.3 Å². The molecule has 4 heteroatoms. The Hall–Kier alpha value is -0.900. The normalized spacial score (nSPS) is 10.0. The number of aromatic nitrogens is 1. The van der Waals surface area contributed by atoms with Crippen LogP contribution in [0, 0.1) is 0 Å². The lowest BCUT2D eigenvalue weighted by molar-refractivity contribution is -0.140. The zero-order chi connectivity index (χ0) is 11.1. The predicted molar refractivity (Wildman–Crippen MR) is 61.5 cm³/mol. The van der Waals surface area contributed by atoms with Crippen LogP contribution in [0.25, 0.3) is 0 Å². The van der Waals surface area contributed by atoms with Crippen molar-refractivity contribution in [2.75, 3.05) is 7.11 Å². The van der Waals surface area contributed by atoms with Crippen LogP contribution in [-0.4, -0.2) is 18.1 Å². The summed E-state index contributed by atoms with van der Waals surface area (Å²) >= 11 is 3.32. The minimum absolute atomic E-state index is 0.141. The standard InChI is InChI=1S/C11H14BrNO2/c1-15-11(14)8-3-2-5-9-6-4-7-10(12)13-9/h4,6-7H,2-3,5,8H2,1H3. The van der Waals surface area contributed by atoms with Crippen LogP contribution in [0.4, 0.5) is 0 Å². The summed E-state index contributed by atoms with van der Waals surface area (Å²) in [7, 11) is 1.41. The van der Waals surface area contributed by atoms with E-state index in [1.807, 2.05) is 18.2 Å². The molecule has 1 aromatic heterocycles. The molecule has 0 aromatic carbocycles. The third kappa shape index (κ3) is 4.93. The van der Waals surface area contributed by atoms with Gasteiger partial charge < -0.3 is 4.74 Å². The number of pyridine rings is 1. The average molecular weight is 272 g/mol. The van der Waals surface area contributed by atoms with E-state index in [4.69, 9.17) is 0 Å². The fourth-order valence-corrected chi connectivity index (χ4v) is 1.65. The quantitative estimate of drug-likeness (QED) is 0.470. The lowest BCUT2D eigenvalue weighted by atomic mass is 10.1. The van der Waals surface area contributed by atoms with Crippen LogP contribution in [-0.2, 0) is 16.0 Å². The highest BCUT2D eigenvalue weighted by Crippen LogP contribution is 2.09. The molecule has 0 spiro atoms. The Labute approximate surface area is 98.0 Å². The van der Waals surface area contributed by atoms with E-state index in [0.717, 1.165) is 29.6 Å². The van der Waals surface area contributed by atoms with Crippen molar-refractivity contribution in [1.82, 2.24) is 4.98 Å². The highest BCUT2D eigenvalue weighted by molar-refractivity contribution is 9.10. The number of esters is 1. The molecule has 0 fully saturated rings. The second-order valence-electron chi connectivity index (χ2n) is 3.23. The maximum atomic E-state index is 10.8. The van der Waals surface area contributed by atoms with Gasteiger partial charge in [0.15, 0.2) is 0 Å². The van der Waals surface area contributed by atoms with E-state index in [-0.39, 0.29) is 5.97 Å². The average Bonchev–Trinajstić information content (AvgIpc) is 2.24. The van der Waals surface area contributed by atoms with Crippen LogP contribution in [0.5, 0.6) is 0 Å². The van der Waals surface area contributed by atoms with Crippen molar-refractivity contribution in [2.45, 2.75) is 25.7 Å². The van der Waals surface area contributed by atoms with E-state index in [1.54, 1.807) is 0 Å². The molecule has 1 heterocycles. The number of unbranched alkanes of at least 4 members (excludes halogenated alkanes) is 1. The highest BCUT2D eigenvalue weighted by atomic mass is 79.9. The summed E-state index contributed by atoms with van der Waals surface area (Å²) in [6.45, 7) is 0. The van der Waals surface area contributed by atoms with E-state index in [9.17, 15) is 4.79 Å². The van der Waals surface area contributed by atoms with E-state index in [0.29, 0.717) is 6.42 Å². The summed E-state index contributed by atoms with van der Waals surface area (Å²) in [4.78, 5) is 15.1. The minimum Gasteiger partial charge on any atom is -0.469 e. The zero-order valence-corrected chi connectivity index (χ0v) is 10.3. The summed E-state index contributed by atoms with van der Waals surface area (Å²) in [5, 5.41) is 0. The number of carbonyl (C=O) groups is 1. The van der Waals surface area contributed by atoms with Gasteiger partial charge in [0.2, 0.25) is 0 Å². The van der Waals surface area contributed by atoms with Gasteiger partial charge in [0.25, 0.3) is 0 Å². The van der Waals surface area contributed by atoms with Gasteiger partial charge in [-0.1, -0.05) is 6.07 Å². The smallest absolute Gasteiger partial charge is 0.305 e. The van der Waals surface area contributed by atoms with Crippen molar-refractivity contribution >= 4 is 21.9 Å². The Balaban J connectivity index is 2.23. The van der Waals surface area contributed by atoms with E-state index in [1.165, 1.54) is 7.11 Å². The van der Waals surface area contributed by atoms with Crippen LogP contribution < -0.4 is 0 Å². The third-order valence-corrected chi connectivity index (χ3v) is 2.51. The summed E-state index contributed by atoms with van der Waals surface area (Å²) in [5.41, 5.74) is 1.05. The van der Waals surface area contributed by atoms with Crippen molar-refractivity contribution < 1.29 is 9.53 Å². The van der Waals surface area contributed by atoms with Gasteiger partial charge in [-0.15, -0.1) is 0 Å². The van der Waals surface area contributed by atoms with Gasteiger partial charge in [-0.3, -0.25) is 4.79 Å². The Bertz CT molecular complexity index is 328. The Morgan fingerprint density at radius 2 is 2.27 bits per heavy atom.